The second-order valence-corrected chi connectivity index (χ2v) is 17.5. The zero-order chi connectivity index (χ0) is 42.8. The maximum Gasteiger partial charge on any atom is 0.138 e. The second kappa shape index (κ2) is 15.1. The number of furan rings is 2. The van der Waals surface area contributed by atoms with Crippen molar-refractivity contribution in [1.82, 2.24) is 4.98 Å². The van der Waals surface area contributed by atoms with Gasteiger partial charge in [-0.3, -0.25) is 4.90 Å². The number of benzene rings is 9. The molecule has 9 aromatic carbocycles. The molecule has 0 unspecified atom stereocenters. The highest BCUT2D eigenvalue weighted by atomic mass is 32.1. The second-order valence-electron chi connectivity index (χ2n) is 16.4. The van der Waals surface area contributed by atoms with Crippen molar-refractivity contribution in [1.29, 1.82) is 0 Å². The maximum atomic E-state index is 6.42. The van der Waals surface area contributed by atoms with Gasteiger partial charge >= 0.3 is 0 Å². The summed E-state index contributed by atoms with van der Waals surface area (Å²) in [6.45, 7) is 0. The van der Waals surface area contributed by atoms with Crippen molar-refractivity contribution in [2.75, 3.05) is 9.80 Å². The molecule has 65 heavy (non-hydrogen) atoms. The van der Waals surface area contributed by atoms with Gasteiger partial charge in [-0.2, -0.15) is 0 Å². The van der Waals surface area contributed by atoms with E-state index in [9.17, 15) is 0 Å². The molecular weight excluding hydrogens is 815 g/mol. The largest absolute Gasteiger partial charge is 0.456 e. The van der Waals surface area contributed by atoms with E-state index < -0.39 is 0 Å². The highest BCUT2D eigenvalue weighted by Gasteiger charge is 2.21. The molecule has 4 aromatic heterocycles. The van der Waals surface area contributed by atoms with Crippen LogP contribution in [0.25, 0.3) is 86.3 Å². The minimum absolute atomic E-state index is 0.825. The van der Waals surface area contributed by atoms with E-state index in [1.807, 2.05) is 36.5 Å². The van der Waals surface area contributed by atoms with E-state index in [0.717, 1.165) is 93.8 Å². The molecule has 0 saturated heterocycles. The molecule has 0 aliphatic carbocycles. The lowest BCUT2D eigenvalue weighted by Gasteiger charge is -2.26. The third-order valence-electron chi connectivity index (χ3n) is 12.5. The van der Waals surface area contributed by atoms with E-state index >= 15 is 0 Å². The molecule has 0 radical (unpaired) electrons. The first-order valence-corrected chi connectivity index (χ1v) is 22.6. The molecule has 13 aromatic rings. The van der Waals surface area contributed by atoms with Crippen molar-refractivity contribution < 1.29 is 8.83 Å². The normalized spacial score (nSPS) is 11.7. The SMILES string of the molecule is c1ccc(-c2ccc(N(c3ccc4c(c3)oc3ccccc34)c3ccc4c(c3)sc3cc(N(c5ccc(-c6ccccc6)cc5)c5ccc6c(c5)oc5ccccc56)ncc34)cc2)cc1. The first-order valence-electron chi connectivity index (χ1n) is 21.7. The summed E-state index contributed by atoms with van der Waals surface area (Å²) in [5.74, 6) is 0.825. The fourth-order valence-electron chi connectivity index (χ4n) is 9.35. The van der Waals surface area contributed by atoms with Gasteiger partial charge in [0.15, 0.2) is 0 Å². The molecule has 0 bridgehead atoms. The number of nitrogens with zero attached hydrogens (tertiary/aromatic N) is 3. The third kappa shape index (κ3) is 6.42. The van der Waals surface area contributed by atoms with E-state index in [4.69, 9.17) is 13.8 Å². The van der Waals surface area contributed by atoms with Crippen LogP contribution in [0.1, 0.15) is 0 Å². The summed E-state index contributed by atoms with van der Waals surface area (Å²) in [7, 11) is 0. The molecule has 0 aliphatic heterocycles. The van der Waals surface area contributed by atoms with Gasteiger partial charge in [-0.1, -0.05) is 127 Å². The van der Waals surface area contributed by atoms with Crippen LogP contribution in [-0.2, 0) is 0 Å². The van der Waals surface area contributed by atoms with Crippen LogP contribution in [0.15, 0.2) is 233 Å². The van der Waals surface area contributed by atoms with E-state index in [2.05, 4.69) is 198 Å². The molecule has 6 heteroatoms. The zero-order valence-electron chi connectivity index (χ0n) is 34.9. The number of anilines is 6. The Hall–Kier alpha value is -8.45. The van der Waals surface area contributed by atoms with Gasteiger partial charge in [0.1, 0.15) is 28.1 Å². The van der Waals surface area contributed by atoms with Crippen LogP contribution < -0.4 is 9.80 Å². The van der Waals surface area contributed by atoms with Gasteiger partial charge in [-0.05, 0) is 101 Å². The Labute approximate surface area is 378 Å². The molecule has 5 nitrogen and oxygen atoms in total. The lowest BCUT2D eigenvalue weighted by atomic mass is 10.0. The highest BCUT2D eigenvalue weighted by molar-refractivity contribution is 7.25. The molecule has 13 rings (SSSR count). The summed E-state index contributed by atoms with van der Waals surface area (Å²) in [4.78, 5) is 9.75. The Balaban J connectivity index is 0.929. The number of hydrogen-bond acceptors (Lipinski definition) is 6. The number of fused-ring (bicyclic) bond motifs is 9. The van der Waals surface area contributed by atoms with Gasteiger partial charge < -0.3 is 13.7 Å². The van der Waals surface area contributed by atoms with Gasteiger partial charge in [-0.25, -0.2) is 4.98 Å². The van der Waals surface area contributed by atoms with Crippen LogP contribution in [0.3, 0.4) is 0 Å². The first-order chi connectivity index (χ1) is 32.2. The van der Waals surface area contributed by atoms with Crippen molar-refractivity contribution in [3.8, 4) is 22.3 Å². The number of aromatic nitrogens is 1. The Kier molecular flexibility index (Phi) is 8.64. The van der Waals surface area contributed by atoms with Gasteiger partial charge in [0, 0.05) is 82.8 Å². The third-order valence-corrected chi connectivity index (χ3v) is 13.6. The molecule has 0 saturated carbocycles. The predicted octanol–water partition coefficient (Wildman–Crippen LogP) is 17.5. The monoisotopic (exact) mass is 851 g/mol. The minimum Gasteiger partial charge on any atom is -0.456 e. The molecule has 0 atom stereocenters. The Morgan fingerprint density at radius 2 is 0.723 bits per heavy atom. The molecule has 0 fully saturated rings. The van der Waals surface area contributed by atoms with Gasteiger partial charge in [0.2, 0.25) is 0 Å². The van der Waals surface area contributed by atoms with Crippen LogP contribution in [0, 0.1) is 0 Å². The van der Waals surface area contributed by atoms with Gasteiger partial charge in [0.25, 0.3) is 0 Å². The Bertz CT molecular complexity index is 3640. The summed E-state index contributed by atoms with van der Waals surface area (Å²) >= 11 is 1.79. The Morgan fingerprint density at radius 1 is 0.308 bits per heavy atom. The summed E-state index contributed by atoms with van der Waals surface area (Å²) in [5.41, 5.74) is 13.2. The molecule has 4 heterocycles. The predicted molar refractivity (Wildman–Crippen MR) is 272 cm³/mol. The number of pyridine rings is 1. The van der Waals surface area contributed by atoms with Crippen molar-refractivity contribution in [3.63, 3.8) is 0 Å². The van der Waals surface area contributed by atoms with Crippen LogP contribution in [-0.4, -0.2) is 4.98 Å². The summed E-state index contributed by atoms with van der Waals surface area (Å²) in [6, 6.07) is 77.0. The maximum absolute atomic E-state index is 6.42. The molecule has 0 N–H and O–H groups in total. The van der Waals surface area contributed by atoms with Crippen LogP contribution in [0.4, 0.5) is 34.3 Å². The van der Waals surface area contributed by atoms with Crippen LogP contribution in [0.2, 0.25) is 0 Å². The smallest absolute Gasteiger partial charge is 0.138 e. The number of rotatable bonds is 8. The number of para-hydroxylation sites is 2. The number of hydrogen-bond donors (Lipinski definition) is 0. The average molecular weight is 852 g/mol. The Morgan fingerprint density at radius 3 is 1.29 bits per heavy atom. The summed E-state index contributed by atoms with van der Waals surface area (Å²) in [5, 5.41) is 6.70. The lowest BCUT2D eigenvalue weighted by Crippen LogP contribution is -2.11. The van der Waals surface area contributed by atoms with E-state index in [1.165, 1.54) is 26.8 Å². The summed E-state index contributed by atoms with van der Waals surface area (Å²) < 4.78 is 15.1. The van der Waals surface area contributed by atoms with Crippen molar-refractivity contribution >= 4 is 110 Å². The lowest BCUT2D eigenvalue weighted by molar-refractivity contribution is 0.668. The standard InChI is InChI=1S/C59H37N3O2S/c1-3-11-38(12-4-1)40-19-23-42(24-20-40)61(44-27-30-49-47-15-7-9-17-53(47)63-55(49)33-44)46-29-32-51-52-37-60-59(36-58(52)65-57(51)35-46)62(43-25-21-41(22-26-43)39-13-5-2-6-14-39)45-28-31-50-48-16-8-10-18-54(48)64-56(50)34-45/h1-37H. The first kappa shape index (κ1) is 37.1. The molecule has 0 amide bonds. The quantitative estimate of drug-likeness (QED) is 0.152. The summed E-state index contributed by atoms with van der Waals surface area (Å²) in [6.07, 6.45) is 2.03. The average Bonchev–Trinajstić information content (AvgIpc) is 4.05. The van der Waals surface area contributed by atoms with Crippen molar-refractivity contribution in [2.45, 2.75) is 0 Å². The topological polar surface area (TPSA) is 45.7 Å². The molecule has 306 valence electrons. The fraction of sp³-hybridized carbons (Fsp3) is 0. The van der Waals surface area contributed by atoms with Crippen molar-refractivity contribution in [3.05, 3.63) is 225 Å². The molecule has 0 spiro atoms. The van der Waals surface area contributed by atoms with Gasteiger partial charge in [0.05, 0.1) is 5.69 Å². The highest BCUT2D eigenvalue weighted by Crippen LogP contribution is 2.45. The van der Waals surface area contributed by atoms with E-state index in [0.29, 0.717) is 0 Å². The van der Waals surface area contributed by atoms with E-state index in [1.54, 1.807) is 11.3 Å². The molecule has 0 aliphatic rings. The number of thiophene rings is 1. The molecular formula is C59H37N3O2S. The van der Waals surface area contributed by atoms with E-state index in [-0.39, 0.29) is 0 Å². The fourth-order valence-corrected chi connectivity index (χ4v) is 10.5. The van der Waals surface area contributed by atoms with Crippen LogP contribution >= 0.6 is 11.3 Å². The van der Waals surface area contributed by atoms with Crippen molar-refractivity contribution in [2.24, 2.45) is 0 Å². The minimum atomic E-state index is 0.825. The van der Waals surface area contributed by atoms with Crippen LogP contribution in [0.5, 0.6) is 0 Å². The zero-order valence-corrected chi connectivity index (χ0v) is 35.7. The van der Waals surface area contributed by atoms with Gasteiger partial charge in [-0.15, -0.1) is 11.3 Å².